The average Bonchev–Trinajstić information content (AvgIpc) is 3.20. The summed E-state index contributed by atoms with van der Waals surface area (Å²) >= 11 is 1.54. The first kappa shape index (κ1) is 19.4. The van der Waals surface area contributed by atoms with E-state index in [4.69, 9.17) is 9.47 Å². The van der Waals surface area contributed by atoms with Gasteiger partial charge in [-0.15, -0.1) is 11.8 Å². The third-order valence-corrected chi connectivity index (χ3v) is 5.24. The zero-order chi connectivity index (χ0) is 19.1. The Hall–Kier alpha value is -2.38. The SMILES string of the molecule is O=C(COC(=O)c1ccccc1SC[C@@H]1CCCO1)Nc1ccccc1F. The van der Waals surface area contributed by atoms with E-state index in [1.807, 2.05) is 12.1 Å². The standard InChI is InChI=1S/C20H20FNO4S/c21-16-8-2-3-9-17(16)22-19(23)12-26-20(24)15-7-1-4-10-18(15)27-13-14-6-5-11-25-14/h1-4,7-10,14H,5-6,11-13H2,(H,22,23)/t14-/m0/s1. The largest absolute Gasteiger partial charge is 0.452 e. The van der Waals surface area contributed by atoms with Gasteiger partial charge in [-0.2, -0.15) is 0 Å². The van der Waals surface area contributed by atoms with Crippen LogP contribution < -0.4 is 5.32 Å². The summed E-state index contributed by atoms with van der Waals surface area (Å²) in [4.78, 5) is 25.1. The molecule has 1 N–H and O–H groups in total. The molecule has 0 saturated carbocycles. The van der Waals surface area contributed by atoms with E-state index in [-0.39, 0.29) is 11.8 Å². The van der Waals surface area contributed by atoms with Crippen molar-refractivity contribution in [1.29, 1.82) is 0 Å². The van der Waals surface area contributed by atoms with Gasteiger partial charge in [-0.25, -0.2) is 9.18 Å². The van der Waals surface area contributed by atoms with E-state index in [9.17, 15) is 14.0 Å². The van der Waals surface area contributed by atoms with E-state index in [2.05, 4.69) is 5.32 Å². The Morgan fingerprint density at radius 2 is 1.96 bits per heavy atom. The lowest BCUT2D eigenvalue weighted by atomic mass is 10.2. The molecule has 2 aromatic carbocycles. The molecule has 1 atom stereocenters. The maximum Gasteiger partial charge on any atom is 0.339 e. The molecule has 0 bridgehead atoms. The van der Waals surface area contributed by atoms with E-state index in [0.29, 0.717) is 5.56 Å². The lowest BCUT2D eigenvalue weighted by Gasteiger charge is -2.12. The number of esters is 1. The van der Waals surface area contributed by atoms with Crippen molar-refractivity contribution >= 4 is 29.3 Å². The first-order valence-electron chi connectivity index (χ1n) is 8.68. The maximum atomic E-state index is 13.5. The number of halogens is 1. The van der Waals surface area contributed by atoms with Gasteiger partial charge in [-0.1, -0.05) is 24.3 Å². The molecule has 7 heteroatoms. The summed E-state index contributed by atoms with van der Waals surface area (Å²) in [6, 6.07) is 12.9. The Morgan fingerprint density at radius 3 is 2.74 bits per heavy atom. The fraction of sp³-hybridized carbons (Fsp3) is 0.300. The minimum absolute atomic E-state index is 0.0473. The van der Waals surface area contributed by atoms with Crippen LogP contribution in [-0.4, -0.2) is 36.9 Å². The Labute approximate surface area is 161 Å². The number of hydrogen-bond acceptors (Lipinski definition) is 5. The number of nitrogens with one attached hydrogen (secondary N) is 1. The van der Waals surface area contributed by atoms with Gasteiger partial charge in [0.05, 0.1) is 17.4 Å². The van der Waals surface area contributed by atoms with Gasteiger partial charge in [0.1, 0.15) is 5.82 Å². The molecule has 2 aromatic rings. The maximum absolute atomic E-state index is 13.5. The number of ether oxygens (including phenoxy) is 2. The Morgan fingerprint density at radius 1 is 1.19 bits per heavy atom. The second-order valence-corrected chi connectivity index (χ2v) is 7.11. The van der Waals surface area contributed by atoms with Crippen molar-refractivity contribution < 1.29 is 23.5 Å². The van der Waals surface area contributed by atoms with Crippen molar-refractivity contribution in [3.05, 3.63) is 59.9 Å². The summed E-state index contributed by atoms with van der Waals surface area (Å²) in [7, 11) is 0. The van der Waals surface area contributed by atoms with Crippen LogP contribution in [0.4, 0.5) is 10.1 Å². The van der Waals surface area contributed by atoms with Gasteiger partial charge >= 0.3 is 5.97 Å². The number of carbonyl (C=O) groups is 2. The van der Waals surface area contributed by atoms with Gasteiger partial charge < -0.3 is 14.8 Å². The third kappa shape index (κ3) is 5.55. The zero-order valence-electron chi connectivity index (χ0n) is 14.7. The number of rotatable bonds is 7. The summed E-state index contributed by atoms with van der Waals surface area (Å²) in [6.07, 6.45) is 2.28. The van der Waals surface area contributed by atoms with Crippen molar-refractivity contribution in [2.75, 3.05) is 24.3 Å². The summed E-state index contributed by atoms with van der Waals surface area (Å²) in [5, 5.41) is 2.38. The van der Waals surface area contributed by atoms with Crippen LogP contribution in [0, 0.1) is 5.82 Å². The highest BCUT2D eigenvalue weighted by molar-refractivity contribution is 7.99. The number of benzene rings is 2. The van der Waals surface area contributed by atoms with Crippen LogP contribution in [0.3, 0.4) is 0 Å². The Kier molecular flexibility index (Phi) is 6.84. The van der Waals surface area contributed by atoms with Crippen LogP contribution in [0.25, 0.3) is 0 Å². The van der Waals surface area contributed by atoms with Gasteiger partial charge in [0.15, 0.2) is 6.61 Å². The molecule has 142 valence electrons. The monoisotopic (exact) mass is 389 g/mol. The van der Waals surface area contributed by atoms with Crippen molar-refractivity contribution in [1.82, 2.24) is 0 Å². The number of thioether (sulfide) groups is 1. The third-order valence-electron chi connectivity index (χ3n) is 4.04. The molecule has 3 rings (SSSR count). The number of carbonyl (C=O) groups excluding carboxylic acids is 2. The number of anilines is 1. The van der Waals surface area contributed by atoms with Gasteiger partial charge in [0.25, 0.3) is 5.91 Å². The fourth-order valence-electron chi connectivity index (χ4n) is 2.68. The number of hydrogen-bond donors (Lipinski definition) is 1. The van der Waals surface area contributed by atoms with Gasteiger partial charge in [-0.3, -0.25) is 4.79 Å². The van der Waals surface area contributed by atoms with E-state index in [0.717, 1.165) is 30.1 Å². The van der Waals surface area contributed by atoms with Crippen LogP contribution in [0.15, 0.2) is 53.4 Å². The van der Waals surface area contributed by atoms with Crippen LogP contribution in [0.5, 0.6) is 0 Å². The second kappa shape index (κ2) is 9.53. The summed E-state index contributed by atoms with van der Waals surface area (Å²) < 4.78 is 24.2. The molecule has 0 spiro atoms. The smallest absolute Gasteiger partial charge is 0.339 e. The predicted molar refractivity (Wildman–Crippen MR) is 101 cm³/mol. The van der Waals surface area contributed by atoms with E-state index in [1.54, 1.807) is 18.2 Å². The summed E-state index contributed by atoms with van der Waals surface area (Å²) in [5.41, 5.74) is 0.449. The van der Waals surface area contributed by atoms with Crippen molar-refractivity contribution in [3.8, 4) is 0 Å². The average molecular weight is 389 g/mol. The molecule has 0 aliphatic carbocycles. The molecule has 1 aliphatic rings. The van der Waals surface area contributed by atoms with Crippen LogP contribution >= 0.6 is 11.8 Å². The number of para-hydroxylation sites is 1. The van der Waals surface area contributed by atoms with Crippen LogP contribution in [0.1, 0.15) is 23.2 Å². The molecule has 0 unspecified atom stereocenters. The first-order chi connectivity index (χ1) is 13.1. The van der Waals surface area contributed by atoms with Gasteiger partial charge in [0.2, 0.25) is 0 Å². The van der Waals surface area contributed by atoms with Gasteiger partial charge in [-0.05, 0) is 37.1 Å². The highest BCUT2D eigenvalue weighted by Gasteiger charge is 2.19. The quantitative estimate of drug-likeness (QED) is 0.575. The minimum atomic E-state index is -0.599. The highest BCUT2D eigenvalue weighted by Crippen LogP contribution is 2.27. The minimum Gasteiger partial charge on any atom is -0.452 e. The normalized spacial score (nSPS) is 16.1. The molecule has 1 saturated heterocycles. The van der Waals surface area contributed by atoms with Crippen molar-refractivity contribution in [3.63, 3.8) is 0 Å². The predicted octanol–water partition coefficient (Wildman–Crippen LogP) is 3.89. The lowest BCUT2D eigenvalue weighted by molar-refractivity contribution is -0.119. The fourth-order valence-corrected chi connectivity index (χ4v) is 3.79. The second-order valence-electron chi connectivity index (χ2n) is 6.05. The molecular formula is C20H20FNO4S. The van der Waals surface area contributed by atoms with Crippen molar-refractivity contribution in [2.45, 2.75) is 23.8 Å². The van der Waals surface area contributed by atoms with E-state index >= 15 is 0 Å². The molecular weight excluding hydrogens is 369 g/mol. The molecule has 5 nitrogen and oxygen atoms in total. The van der Waals surface area contributed by atoms with Gasteiger partial charge in [0, 0.05) is 17.3 Å². The molecule has 1 heterocycles. The Bertz CT molecular complexity index is 808. The van der Waals surface area contributed by atoms with E-state index < -0.39 is 24.3 Å². The van der Waals surface area contributed by atoms with Crippen molar-refractivity contribution in [2.24, 2.45) is 0 Å². The summed E-state index contributed by atoms with van der Waals surface area (Å²) in [5.74, 6) is -0.974. The zero-order valence-corrected chi connectivity index (χ0v) is 15.5. The first-order valence-corrected chi connectivity index (χ1v) is 9.67. The molecule has 1 aliphatic heterocycles. The Balaban J connectivity index is 1.54. The molecule has 1 fully saturated rings. The highest BCUT2D eigenvalue weighted by atomic mass is 32.2. The van der Waals surface area contributed by atoms with E-state index in [1.165, 1.54) is 30.0 Å². The van der Waals surface area contributed by atoms with Crippen LogP contribution in [0.2, 0.25) is 0 Å². The lowest BCUT2D eigenvalue weighted by Crippen LogP contribution is -2.21. The molecule has 1 amide bonds. The summed E-state index contributed by atoms with van der Waals surface area (Å²) in [6.45, 7) is 0.296. The van der Waals surface area contributed by atoms with Crippen LogP contribution in [-0.2, 0) is 14.3 Å². The number of amides is 1. The molecule has 27 heavy (non-hydrogen) atoms. The molecule has 0 radical (unpaired) electrons. The molecule has 0 aromatic heterocycles. The topological polar surface area (TPSA) is 64.6 Å².